The molecule has 0 aliphatic carbocycles. The van der Waals surface area contributed by atoms with Crippen molar-refractivity contribution in [1.82, 2.24) is 0 Å². The first kappa shape index (κ1) is 15.9. The molecule has 2 aliphatic rings. The SMILES string of the molecule is N#Cc1cc2c(cc1N1CCCC1)OCCOCCOCCO2. The van der Waals surface area contributed by atoms with E-state index in [1.54, 1.807) is 6.07 Å². The molecule has 23 heavy (non-hydrogen) atoms. The maximum absolute atomic E-state index is 9.47. The van der Waals surface area contributed by atoms with Gasteiger partial charge in [-0.05, 0) is 12.8 Å². The molecule has 0 saturated carbocycles. The Balaban J connectivity index is 1.86. The zero-order chi connectivity index (χ0) is 15.9. The molecule has 1 saturated heterocycles. The number of hydrogen-bond acceptors (Lipinski definition) is 6. The van der Waals surface area contributed by atoms with E-state index in [1.165, 1.54) is 0 Å². The maximum atomic E-state index is 9.47. The number of fused-ring (bicyclic) bond motifs is 1. The third-order valence-electron chi connectivity index (χ3n) is 3.97. The Labute approximate surface area is 136 Å². The summed E-state index contributed by atoms with van der Waals surface area (Å²) in [5.74, 6) is 1.25. The second kappa shape index (κ2) is 8.04. The summed E-state index contributed by atoms with van der Waals surface area (Å²) < 4.78 is 22.5. The van der Waals surface area contributed by atoms with Crippen LogP contribution in [0.5, 0.6) is 11.5 Å². The highest BCUT2D eigenvalue weighted by atomic mass is 16.6. The highest BCUT2D eigenvalue weighted by Crippen LogP contribution is 2.36. The van der Waals surface area contributed by atoms with Crippen LogP contribution >= 0.6 is 0 Å². The van der Waals surface area contributed by atoms with E-state index in [4.69, 9.17) is 18.9 Å². The molecule has 0 aromatic heterocycles. The summed E-state index contributed by atoms with van der Waals surface area (Å²) in [5.41, 5.74) is 1.55. The van der Waals surface area contributed by atoms with Crippen LogP contribution < -0.4 is 14.4 Å². The molecule has 3 rings (SSSR count). The molecule has 2 aliphatic heterocycles. The first-order valence-electron chi connectivity index (χ1n) is 8.12. The number of anilines is 1. The minimum absolute atomic E-state index is 0.421. The fourth-order valence-corrected chi connectivity index (χ4v) is 2.83. The van der Waals surface area contributed by atoms with E-state index in [9.17, 15) is 5.26 Å². The summed E-state index contributed by atoms with van der Waals surface area (Å²) in [6.07, 6.45) is 2.31. The number of hydrogen-bond donors (Lipinski definition) is 0. The maximum Gasteiger partial charge on any atom is 0.163 e. The van der Waals surface area contributed by atoms with Gasteiger partial charge in [-0.3, -0.25) is 0 Å². The van der Waals surface area contributed by atoms with Crippen molar-refractivity contribution in [3.63, 3.8) is 0 Å². The molecule has 1 aromatic carbocycles. The Kier molecular flexibility index (Phi) is 5.56. The van der Waals surface area contributed by atoms with E-state index in [-0.39, 0.29) is 0 Å². The Morgan fingerprint density at radius 2 is 1.39 bits per heavy atom. The highest BCUT2D eigenvalue weighted by Gasteiger charge is 2.20. The Bertz CT molecular complexity index is 564. The molecule has 0 atom stereocenters. The first-order chi connectivity index (χ1) is 11.4. The topological polar surface area (TPSA) is 64.0 Å². The van der Waals surface area contributed by atoms with E-state index >= 15 is 0 Å². The molecule has 1 aromatic rings. The fourth-order valence-electron chi connectivity index (χ4n) is 2.83. The van der Waals surface area contributed by atoms with Crippen LogP contribution in [0.1, 0.15) is 18.4 Å². The van der Waals surface area contributed by atoms with Crippen molar-refractivity contribution in [2.45, 2.75) is 12.8 Å². The number of benzene rings is 1. The van der Waals surface area contributed by atoms with Crippen molar-refractivity contribution in [2.75, 3.05) is 57.6 Å². The van der Waals surface area contributed by atoms with Crippen LogP contribution in [0.25, 0.3) is 0 Å². The number of rotatable bonds is 1. The van der Waals surface area contributed by atoms with Crippen molar-refractivity contribution < 1.29 is 18.9 Å². The van der Waals surface area contributed by atoms with Crippen molar-refractivity contribution in [1.29, 1.82) is 5.26 Å². The molecule has 0 amide bonds. The Morgan fingerprint density at radius 3 is 2.00 bits per heavy atom. The summed E-state index contributed by atoms with van der Waals surface area (Å²) in [6.45, 7) is 4.92. The van der Waals surface area contributed by atoms with Crippen LogP contribution in [0.15, 0.2) is 12.1 Å². The third kappa shape index (κ3) is 4.06. The zero-order valence-corrected chi connectivity index (χ0v) is 13.3. The van der Waals surface area contributed by atoms with Crippen molar-refractivity contribution in [3.8, 4) is 17.6 Å². The predicted molar refractivity (Wildman–Crippen MR) is 85.2 cm³/mol. The average molecular weight is 318 g/mol. The fraction of sp³-hybridized carbons (Fsp3) is 0.588. The van der Waals surface area contributed by atoms with Crippen molar-refractivity contribution >= 4 is 5.69 Å². The standard InChI is InChI=1S/C17H22N2O4/c18-13-14-11-16-17(12-15(14)19-3-1-2-4-19)23-10-8-21-6-5-20-7-9-22-16/h11-12H,1-10H2. The predicted octanol–water partition coefficient (Wildman–Crippen LogP) is 1.96. The summed E-state index contributed by atoms with van der Waals surface area (Å²) in [6, 6.07) is 5.97. The third-order valence-corrected chi connectivity index (χ3v) is 3.97. The molecular formula is C17H22N2O4. The second-order valence-corrected chi connectivity index (χ2v) is 5.54. The van der Waals surface area contributed by atoms with Crippen LogP contribution in [0.2, 0.25) is 0 Å². The lowest BCUT2D eigenvalue weighted by atomic mass is 10.1. The summed E-state index contributed by atoms with van der Waals surface area (Å²) in [7, 11) is 0. The smallest absolute Gasteiger partial charge is 0.163 e. The van der Waals surface area contributed by atoms with E-state index in [0.29, 0.717) is 56.7 Å². The first-order valence-corrected chi connectivity index (χ1v) is 8.12. The highest BCUT2D eigenvalue weighted by molar-refractivity contribution is 5.66. The lowest BCUT2D eigenvalue weighted by Crippen LogP contribution is -2.20. The Hall–Kier alpha value is -1.97. The van der Waals surface area contributed by atoms with Gasteiger partial charge in [-0.1, -0.05) is 0 Å². The molecule has 0 N–H and O–H groups in total. The molecule has 6 nitrogen and oxygen atoms in total. The largest absolute Gasteiger partial charge is 0.487 e. The lowest BCUT2D eigenvalue weighted by molar-refractivity contribution is 0.0223. The van der Waals surface area contributed by atoms with Crippen LogP contribution in [-0.2, 0) is 9.47 Å². The van der Waals surface area contributed by atoms with Gasteiger partial charge in [-0.25, -0.2) is 0 Å². The van der Waals surface area contributed by atoms with Gasteiger partial charge in [0, 0.05) is 25.2 Å². The van der Waals surface area contributed by atoms with Crippen LogP contribution in [-0.4, -0.2) is 52.7 Å². The normalized spacial score (nSPS) is 19.5. The van der Waals surface area contributed by atoms with Gasteiger partial charge in [-0.15, -0.1) is 0 Å². The summed E-state index contributed by atoms with van der Waals surface area (Å²) in [5, 5.41) is 9.47. The summed E-state index contributed by atoms with van der Waals surface area (Å²) >= 11 is 0. The van der Waals surface area contributed by atoms with E-state index < -0.39 is 0 Å². The molecule has 0 bridgehead atoms. The van der Waals surface area contributed by atoms with Gasteiger partial charge in [0.15, 0.2) is 11.5 Å². The molecule has 1 fully saturated rings. The van der Waals surface area contributed by atoms with Gasteiger partial charge in [0.05, 0.1) is 37.7 Å². The van der Waals surface area contributed by atoms with E-state index in [0.717, 1.165) is 31.6 Å². The quantitative estimate of drug-likeness (QED) is 0.789. The van der Waals surface area contributed by atoms with E-state index in [2.05, 4.69) is 11.0 Å². The van der Waals surface area contributed by atoms with Crippen LogP contribution in [0, 0.1) is 11.3 Å². The molecule has 6 heteroatoms. The number of nitriles is 1. The van der Waals surface area contributed by atoms with Gasteiger partial charge in [0.25, 0.3) is 0 Å². The van der Waals surface area contributed by atoms with Crippen molar-refractivity contribution in [2.24, 2.45) is 0 Å². The zero-order valence-electron chi connectivity index (χ0n) is 13.3. The number of nitrogens with zero attached hydrogens (tertiary/aromatic N) is 2. The van der Waals surface area contributed by atoms with Gasteiger partial charge < -0.3 is 23.8 Å². The minimum atomic E-state index is 0.421. The number of ether oxygens (including phenoxy) is 4. The van der Waals surface area contributed by atoms with Gasteiger partial charge in [0.2, 0.25) is 0 Å². The molecule has 0 spiro atoms. The van der Waals surface area contributed by atoms with Crippen molar-refractivity contribution in [3.05, 3.63) is 17.7 Å². The lowest BCUT2D eigenvalue weighted by Gasteiger charge is -2.22. The Morgan fingerprint density at radius 1 is 0.826 bits per heavy atom. The molecule has 0 unspecified atom stereocenters. The van der Waals surface area contributed by atoms with Crippen LogP contribution in [0.4, 0.5) is 5.69 Å². The molecular weight excluding hydrogens is 296 g/mol. The molecule has 2 heterocycles. The molecule has 124 valence electrons. The second-order valence-electron chi connectivity index (χ2n) is 5.54. The monoisotopic (exact) mass is 318 g/mol. The average Bonchev–Trinajstić information content (AvgIpc) is 3.09. The van der Waals surface area contributed by atoms with Crippen LogP contribution in [0.3, 0.4) is 0 Å². The van der Waals surface area contributed by atoms with E-state index in [1.807, 2.05) is 6.07 Å². The van der Waals surface area contributed by atoms with Gasteiger partial charge in [0.1, 0.15) is 19.3 Å². The minimum Gasteiger partial charge on any atom is -0.487 e. The van der Waals surface area contributed by atoms with Gasteiger partial charge in [-0.2, -0.15) is 5.26 Å². The molecule has 0 radical (unpaired) electrons. The summed E-state index contributed by atoms with van der Waals surface area (Å²) in [4.78, 5) is 2.23. The van der Waals surface area contributed by atoms with Gasteiger partial charge >= 0.3 is 0 Å².